The summed E-state index contributed by atoms with van der Waals surface area (Å²) in [5, 5.41) is 0. The van der Waals surface area contributed by atoms with Crippen LogP contribution in [-0.4, -0.2) is 5.78 Å². The third-order valence-corrected chi connectivity index (χ3v) is 4.21. The summed E-state index contributed by atoms with van der Waals surface area (Å²) < 4.78 is 0. The zero-order valence-corrected chi connectivity index (χ0v) is 9.49. The fourth-order valence-corrected chi connectivity index (χ4v) is 3.50. The van der Waals surface area contributed by atoms with E-state index >= 15 is 0 Å². The predicted molar refractivity (Wildman–Crippen MR) is 62.4 cm³/mol. The molecule has 0 heterocycles. The second-order valence-corrected chi connectivity index (χ2v) is 5.05. The molecule has 1 nitrogen and oxygen atoms in total. The Bertz CT molecular complexity index is 290. The van der Waals surface area contributed by atoms with Crippen molar-refractivity contribution in [1.82, 2.24) is 0 Å². The molecule has 15 heavy (non-hydrogen) atoms. The van der Waals surface area contributed by atoms with Crippen LogP contribution in [0.1, 0.15) is 32.6 Å². The van der Waals surface area contributed by atoms with Gasteiger partial charge in [-0.05, 0) is 62.4 Å². The Labute approximate surface area is 92.3 Å². The van der Waals surface area contributed by atoms with Crippen LogP contribution in [-0.2, 0) is 4.79 Å². The van der Waals surface area contributed by atoms with Gasteiger partial charge in [-0.25, -0.2) is 0 Å². The van der Waals surface area contributed by atoms with Crippen LogP contribution in [0.4, 0.5) is 0 Å². The van der Waals surface area contributed by atoms with Crippen LogP contribution in [0.2, 0.25) is 0 Å². The van der Waals surface area contributed by atoms with Gasteiger partial charge in [-0.1, -0.05) is 18.7 Å². The van der Waals surface area contributed by atoms with Gasteiger partial charge in [0.15, 0.2) is 5.78 Å². The van der Waals surface area contributed by atoms with E-state index in [0.29, 0.717) is 0 Å². The minimum Gasteiger partial charge on any atom is -0.295 e. The average Bonchev–Trinajstić information content (AvgIpc) is 2.91. The first-order chi connectivity index (χ1) is 7.22. The highest BCUT2D eigenvalue weighted by Crippen LogP contribution is 2.56. The van der Waals surface area contributed by atoms with Crippen molar-refractivity contribution in [2.45, 2.75) is 32.6 Å². The number of allylic oxidation sites excluding steroid dienone is 3. The van der Waals surface area contributed by atoms with E-state index in [9.17, 15) is 4.79 Å². The molecule has 0 N–H and O–H groups in total. The molecule has 2 saturated carbocycles. The Morgan fingerprint density at radius 1 is 1.40 bits per heavy atom. The molecule has 0 amide bonds. The normalized spacial score (nSPS) is 39.5. The molecule has 0 aromatic carbocycles. The van der Waals surface area contributed by atoms with Crippen LogP contribution in [0.3, 0.4) is 0 Å². The standard InChI is InChI=1S/C10H14.C4H6O/c1-2-9-7-4-5-8(6-7)10(9)3-1;1-3-4(2)5/h1-2,7-10H,3-6H2;3H,1H2,2H3. The number of rotatable bonds is 1. The summed E-state index contributed by atoms with van der Waals surface area (Å²) in [6.45, 7) is 4.68. The number of carbonyl (C=O) groups excluding carboxylic acids is 1. The Morgan fingerprint density at radius 3 is 2.67 bits per heavy atom. The molecular formula is C14H20O. The summed E-state index contributed by atoms with van der Waals surface area (Å²) >= 11 is 0. The SMILES string of the molecule is C1=CC2C3CCC(C3)C2C1.C=CC(C)=O. The smallest absolute Gasteiger partial charge is 0.152 e. The van der Waals surface area contributed by atoms with Crippen molar-refractivity contribution in [3.63, 3.8) is 0 Å². The van der Waals surface area contributed by atoms with Crippen molar-refractivity contribution in [3.05, 3.63) is 24.8 Å². The highest BCUT2D eigenvalue weighted by molar-refractivity contribution is 5.86. The Kier molecular flexibility index (Phi) is 3.08. The van der Waals surface area contributed by atoms with Crippen LogP contribution in [0.5, 0.6) is 0 Å². The fourth-order valence-electron chi connectivity index (χ4n) is 3.50. The van der Waals surface area contributed by atoms with E-state index in [4.69, 9.17) is 0 Å². The van der Waals surface area contributed by atoms with Crippen molar-refractivity contribution in [2.75, 3.05) is 0 Å². The lowest BCUT2D eigenvalue weighted by Crippen LogP contribution is -2.16. The van der Waals surface area contributed by atoms with Crippen molar-refractivity contribution >= 4 is 5.78 Å². The highest BCUT2D eigenvalue weighted by Gasteiger charge is 2.47. The molecular weight excluding hydrogens is 184 g/mol. The summed E-state index contributed by atoms with van der Waals surface area (Å²) in [5.74, 6) is 4.38. The fraction of sp³-hybridized carbons (Fsp3) is 0.643. The molecule has 4 unspecified atom stereocenters. The number of carbonyl (C=O) groups is 1. The minimum atomic E-state index is 0.0185. The molecule has 3 rings (SSSR count). The Morgan fingerprint density at radius 2 is 2.07 bits per heavy atom. The van der Waals surface area contributed by atoms with Crippen molar-refractivity contribution < 1.29 is 4.79 Å². The molecule has 3 aliphatic carbocycles. The lowest BCUT2D eigenvalue weighted by atomic mass is 9.82. The Hall–Kier alpha value is -0.850. The molecule has 1 heteroatoms. The van der Waals surface area contributed by atoms with Gasteiger partial charge in [-0.2, -0.15) is 0 Å². The first-order valence-corrected chi connectivity index (χ1v) is 6.02. The quantitative estimate of drug-likeness (QED) is 0.473. The lowest BCUT2D eigenvalue weighted by molar-refractivity contribution is -0.112. The van der Waals surface area contributed by atoms with Crippen LogP contribution in [0, 0.1) is 23.7 Å². The monoisotopic (exact) mass is 204 g/mol. The molecule has 3 aliphatic rings. The molecule has 0 aromatic rings. The molecule has 4 atom stereocenters. The highest BCUT2D eigenvalue weighted by atomic mass is 16.1. The predicted octanol–water partition coefficient (Wildman–Crippen LogP) is 3.37. The third kappa shape index (κ3) is 2.06. The molecule has 0 spiro atoms. The van der Waals surface area contributed by atoms with E-state index < -0.39 is 0 Å². The molecule has 2 bridgehead atoms. The maximum Gasteiger partial charge on any atom is 0.152 e. The van der Waals surface area contributed by atoms with Gasteiger partial charge in [-0.15, -0.1) is 0 Å². The minimum absolute atomic E-state index is 0.0185. The van der Waals surface area contributed by atoms with Crippen molar-refractivity contribution in [3.8, 4) is 0 Å². The first-order valence-electron chi connectivity index (χ1n) is 6.02. The topological polar surface area (TPSA) is 17.1 Å². The maximum atomic E-state index is 9.69. The van der Waals surface area contributed by atoms with Crippen molar-refractivity contribution in [1.29, 1.82) is 0 Å². The van der Waals surface area contributed by atoms with Gasteiger partial charge in [0, 0.05) is 0 Å². The van der Waals surface area contributed by atoms with Gasteiger partial charge < -0.3 is 0 Å². The second kappa shape index (κ2) is 4.34. The lowest BCUT2D eigenvalue weighted by Gasteiger charge is -2.23. The summed E-state index contributed by atoms with van der Waals surface area (Å²) in [6.07, 6.45) is 12.3. The van der Waals surface area contributed by atoms with Gasteiger partial charge in [0.2, 0.25) is 0 Å². The van der Waals surface area contributed by atoms with E-state index in [2.05, 4.69) is 18.7 Å². The van der Waals surface area contributed by atoms with E-state index in [0.717, 1.165) is 23.7 Å². The summed E-state index contributed by atoms with van der Waals surface area (Å²) in [5.41, 5.74) is 0. The molecule has 0 saturated heterocycles. The third-order valence-electron chi connectivity index (χ3n) is 4.21. The Balaban J connectivity index is 0.000000149. The molecule has 82 valence electrons. The van der Waals surface area contributed by atoms with Crippen LogP contribution in [0.15, 0.2) is 24.8 Å². The largest absolute Gasteiger partial charge is 0.295 e. The molecule has 0 aliphatic heterocycles. The molecule has 2 fully saturated rings. The van der Waals surface area contributed by atoms with Gasteiger partial charge in [0.1, 0.15) is 0 Å². The summed E-state index contributed by atoms with van der Waals surface area (Å²) in [6, 6.07) is 0. The van der Waals surface area contributed by atoms with Gasteiger partial charge >= 0.3 is 0 Å². The van der Waals surface area contributed by atoms with E-state index in [1.807, 2.05) is 0 Å². The first kappa shape index (κ1) is 10.7. The zero-order chi connectivity index (χ0) is 10.8. The summed E-state index contributed by atoms with van der Waals surface area (Å²) in [7, 11) is 0. The van der Waals surface area contributed by atoms with E-state index in [1.54, 1.807) is 12.8 Å². The zero-order valence-electron chi connectivity index (χ0n) is 9.49. The molecule has 0 radical (unpaired) electrons. The number of hydrogen-bond donors (Lipinski definition) is 0. The van der Waals surface area contributed by atoms with Crippen LogP contribution >= 0.6 is 0 Å². The molecule has 0 aromatic heterocycles. The van der Waals surface area contributed by atoms with E-state index in [1.165, 1.54) is 25.8 Å². The average molecular weight is 204 g/mol. The summed E-state index contributed by atoms with van der Waals surface area (Å²) in [4.78, 5) is 9.69. The van der Waals surface area contributed by atoms with Crippen molar-refractivity contribution in [2.24, 2.45) is 23.7 Å². The number of ketones is 1. The second-order valence-electron chi connectivity index (χ2n) is 5.05. The number of hydrogen-bond acceptors (Lipinski definition) is 1. The van der Waals surface area contributed by atoms with E-state index in [-0.39, 0.29) is 5.78 Å². The van der Waals surface area contributed by atoms with Gasteiger partial charge in [0.05, 0.1) is 0 Å². The number of fused-ring (bicyclic) bond motifs is 5. The maximum absolute atomic E-state index is 9.69. The van der Waals surface area contributed by atoms with Gasteiger partial charge in [-0.3, -0.25) is 4.79 Å². The van der Waals surface area contributed by atoms with Gasteiger partial charge in [0.25, 0.3) is 0 Å². The van der Waals surface area contributed by atoms with Crippen LogP contribution < -0.4 is 0 Å². The van der Waals surface area contributed by atoms with Crippen LogP contribution in [0.25, 0.3) is 0 Å².